The smallest absolute Gasteiger partial charge is 0.191 e. The largest absolute Gasteiger partial charge is 0.379 e. The van der Waals surface area contributed by atoms with Crippen LogP contribution in [0.15, 0.2) is 59.6 Å². The van der Waals surface area contributed by atoms with Crippen molar-refractivity contribution in [1.29, 1.82) is 0 Å². The van der Waals surface area contributed by atoms with Gasteiger partial charge in [0.2, 0.25) is 0 Å². The summed E-state index contributed by atoms with van der Waals surface area (Å²) in [5, 5.41) is 6.73. The third-order valence-corrected chi connectivity index (χ3v) is 5.01. The lowest BCUT2D eigenvalue weighted by atomic mass is 10.1. The monoisotopic (exact) mass is 411 g/mol. The predicted molar refractivity (Wildman–Crippen MR) is 119 cm³/mol. The number of hydrogen-bond donors (Lipinski definition) is 2. The zero-order valence-corrected chi connectivity index (χ0v) is 17.8. The molecule has 1 fully saturated rings. The van der Waals surface area contributed by atoms with Crippen molar-refractivity contribution in [2.75, 3.05) is 33.4 Å². The minimum Gasteiger partial charge on any atom is -0.379 e. The Morgan fingerprint density at radius 2 is 1.83 bits per heavy atom. The molecule has 0 bridgehead atoms. The van der Waals surface area contributed by atoms with Crippen molar-refractivity contribution >= 4 is 5.96 Å². The number of rotatable bonds is 11. The molecule has 0 spiro atoms. The van der Waals surface area contributed by atoms with E-state index in [1.165, 1.54) is 16.7 Å². The number of benzene rings is 2. The first-order valence-electron chi connectivity index (χ1n) is 10.7. The van der Waals surface area contributed by atoms with E-state index in [1.807, 2.05) is 24.3 Å². The summed E-state index contributed by atoms with van der Waals surface area (Å²) in [4.78, 5) is 4.31. The third-order valence-electron chi connectivity index (χ3n) is 5.01. The van der Waals surface area contributed by atoms with Gasteiger partial charge in [-0.25, -0.2) is 0 Å². The Balaban J connectivity index is 1.37. The summed E-state index contributed by atoms with van der Waals surface area (Å²) in [5.41, 5.74) is 3.57. The molecule has 0 saturated carbocycles. The van der Waals surface area contributed by atoms with Gasteiger partial charge in [-0.1, -0.05) is 54.6 Å². The van der Waals surface area contributed by atoms with Crippen LogP contribution in [0, 0.1) is 0 Å². The normalized spacial score (nSPS) is 16.6. The second kappa shape index (κ2) is 13.0. The van der Waals surface area contributed by atoms with Crippen molar-refractivity contribution in [3.8, 4) is 0 Å². The maximum absolute atomic E-state index is 5.92. The molecule has 0 amide bonds. The SMILES string of the molecule is CN=C(NCCCOC1CCOC1)NCc1ccccc1COCc1ccccc1. The highest BCUT2D eigenvalue weighted by atomic mass is 16.5. The summed E-state index contributed by atoms with van der Waals surface area (Å²) in [7, 11) is 1.79. The molecule has 2 N–H and O–H groups in total. The van der Waals surface area contributed by atoms with Crippen LogP contribution >= 0.6 is 0 Å². The highest BCUT2D eigenvalue weighted by Crippen LogP contribution is 2.12. The van der Waals surface area contributed by atoms with Crippen LogP contribution in [0.3, 0.4) is 0 Å². The Morgan fingerprint density at radius 1 is 1.03 bits per heavy atom. The lowest BCUT2D eigenvalue weighted by Crippen LogP contribution is -2.37. The van der Waals surface area contributed by atoms with Crippen molar-refractivity contribution in [3.63, 3.8) is 0 Å². The van der Waals surface area contributed by atoms with Gasteiger partial charge in [-0.05, 0) is 29.5 Å². The molecule has 0 radical (unpaired) electrons. The van der Waals surface area contributed by atoms with Gasteiger partial charge in [0.25, 0.3) is 0 Å². The molecular formula is C24H33N3O3. The zero-order valence-electron chi connectivity index (χ0n) is 17.8. The first-order chi connectivity index (χ1) is 14.8. The van der Waals surface area contributed by atoms with Crippen molar-refractivity contribution in [2.24, 2.45) is 4.99 Å². The predicted octanol–water partition coefficient (Wildman–Crippen LogP) is 3.26. The molecule has 1 atom stereocenters. The van der Waals surface area contributed by atoms with Gasteiger partial charge >= 0.3 is 0 Å². The topological polar surface area (TPSA) is 64.1 Å². The highest BCUT2D eigenvalue weighted by Gasteiger charge is 2.15. The molecule has 1 aliphatic heterocycles. The molecule has 2 aromatic carbocycles. The number of hydrogen-bond acceptors (Lipinski definition) is 4. The summed E-state index contributed by atoms with van der Waals surface area (Å²) in [6.07, 6.45) is 2.20. The van der Waals surface area contributed by atoms with Gasteiger partial charge in [-0.15, -0.1) is 0 Å². The molecule has 6 heteroatoms. The number of aliphatic imine (C=N–C) groups is 1. The molecular weight excluding hydrogens is 378 g/mol. The Labute approximate surface area is 179 Å². The quantitative estimate of drug-likeness (QED) is 0.338. The van der Waals surface area contributed by atoms with E-state index in [2.05, 4.69) is 46.0 Å². The van der Waals surface area contributed by atoms with Crippen LogP contribution in [0.2, 0.25) is 0 Å². The summed E-state index contributed by atoms with van der Waals surface area (Å²) in [6, 6.07) is 18.6. The van der Waals surface area contributed by atoms with Gasteiger partial charge in [-0.3, -0.25) is 4.99 Å². The van der Waals surface area contributed by atoms with Gasteiger partial charge in [-0.2, -0.15) is 0 Å². The van der Waals surface area contributed by atoms with Crippen LogP contribution in [0.5, 0.6) is 0 Å². The Bertz CT molecular complexity index is 761. The summed E-state index contributed by atoms with van der Waals surface area (Å²) in [5.74, 6) is 0.791. The number of nitrogens with zero attached hydrogens (tertiary/aromatic N) is 1. The molecule has 0 aliphatic carbocycles. The van der Waals surface area contributed by atoms with E-state index in [0.717, 1.165) is 45.2 Å². The van der Waals surface area contributed by atoms with Gasteiger partial charge in [0.05, 0.1) is 25.9 Å². The first kappa shape index (κ1) is 22.3. The minimum absolute atomic E-state index is 0.267. The van der Waals surface area contributed by atoms with E-state index in [0.29, 0.717) is 19.8 Å². The molecule has 1 unspecified atom stereocenters. The van der Waals surface area contributed by atoms with Crippen LogP contribution in [0.1, 0.15) is 29.5 Å². The molecule has 162 valence electrons. The van der Waals surface area contributed by atoms with E-state index in [-0.39, 0.29) is 6.10 Å². The molecule has 2 aromatic rings. The molecule has 1 saturated heterocycles. The fraction of sp³-hybridized carbons (Fsp3) is 0.458. The van der Waals surface area contributed by atoms with Crippen molar-refractivity contribution in [1.82, 2.24) is 10.6 Å². The van der Waals surface area contributed by atoms with Crippen LogP contribution in [-0.2, 0) is 34.0 Å². The Hall–Kier alpha value is -2.41. The van der Waals surface area contributed by atoms with E-state index in [4.69, 9.17) is 14.2 Å². The van der Waals surface area contributed by atoms with E-state index < -0.39 is 0 Å². The molecule has 6 nitrogen and oxygen atoms in total. The lowest BCUT2D eigenvalue weighted by molar-refractivity contribution is 0.0420. The summed E-state index contributed by atoms with van der Waals surface area (Å²) in [6.45, 7) is 4.99. The molecule has 3 rings (SSSR count). The fourth-order valence-corrected chi connectivity index (χ4v) is 3.30. The molecule has 30 heavy (non-hydrogen) atoms. The van der Waals surface area contributed by atoms with Gasteiger partial charge in [0.15, 0.2) is 5.96 Å². The number of ether oxygens (including phenoxy) is 3. The second-order valence-corrected chi connectivity index (χ2v) is 7.31. The summed E-state index contributed by atoms with van der Waals surface area (Å²) >= 11 is 0. The van der Waals surface area contributed by atoms with Crippen molar-refractivity contribution < 1.29 is 14.2 Å². The lowest BCUT2D eigenvalue weighted by Gasteiger charge is -2.15. The molecule has 1 heterocycles. The standard InChI is InChI=1S/C24H33N3O3/c1-25-24(26-13-7-14-30-23-12-15-28-19-23)27-16-21-10-5-6-11-22(21)18-29-17-20-8-3-2-4-9-20/h2-6,8-11,23H,7,12-19H2,1H3,(H2,25,26,27). The minimum atomic E-state index is 0.267. The Morgan fingerprint density at radius 3 is 2.60 bits per heavy atom. The Kier molecular flexibility index (Phi) is 9.66. The van der Waals surface area contributed by atoms with Crippen LogP contribution in [0.25, 0.3) is 0 Å². The number of guanidine groups is 1. The fourth-order valence-electron chi connectivity index (χ4n) is 3.30. The van der Waals surface area contributed by atoms with E-state index in [1.54, 1.807) is 7.05 Å². The second-order valence-electron chi connectivity index (χ2n) is 7.31. The van der Waals surface area contributed by atoms with Gasteiger partial charge in [0.1, 0.15) is 0 Å². The third kappa shape index (κ3) is 7.78. The average molecular weight is 412 g/mol. The zero-order chi connectivity index (χ0) is 20.9. The van der Waals surface area contributed by atoms with Gasteiger partial charge < -0.3 is 24.8 Å². The maximum Gasteiger partial charge on any atom is 0.191 e. The van der Waals surface area contributed by atoms with Gasteiger partial charge in [0, 0.05) is 33.4 Å². The summed E-state index contributed by atoms with van der Waals surface area (Å²) < 4.78 is 17.0. The highest BCUT2D eigenvalue weighted by molar-refractivity contribution is 5.79. The van der Waals surface area contributed by atoms with Crippen LogP contribution < -0.4 is 10.6 Å². The van der Waals surface area contributed by atoms with Crippen LogP contribution in [0.4, 0.5) is 0 Å². The van der Waals surface area contributed by atoms with Crippen molar-refractivity contribution in [3.05, 3.63) is 71.3 Å². The van der Waals surface area contributed by atoms with E-state index >= 15 is 0 Å². The van der Waals surface area contributed by atoms with Crippen molar-refractivity contribution in [2.45, 2.75) is 38.7 Å². The average Bonchev–Trinajstić information content (AvgIpc) is 3.31. The first-order valence-corrected chi connectivity index (χ1v) is 10.7. The van der Waals surface area contributed by atoms with E-state index in [9.17, 15) is 0 Å². The molecule has 1 aliphatic rings. The number of nitrogens with one attached hydrogen (secondary N) is 2. The molecule has 0 aromatic heterocycles. The maximum atomic E-state index is 5.92. The van der Waals surface area contributed by atoms with Crippen LogP contribution in [-0.4, -0.2) is 45.5 Å².